The van der Waals surface area contributed by atoms with Gasteiger partial charge >= 0.3 is 6.03 Å². The van der Waals surface area contributed by atoms with Crippen molar-refractivity contribution >= 4 is 29.0 Å². The van der Waals surface area contributed by atoms with E-state index in [1.54, 1.807) is 60.9 Å². The summed E-state index contributed by atoms with van der Waals surface area (Å²) in [5.74, 6) is 0.227. The molecule has 0 spiro atoms. The Morgan fingerprint density at radius 3 is 2.67 bits per heavy atom. The van der Waals surface area contributed by atoms with Crippen LogP contribution >= 0.6 is 0 Å². The molecule has 4 aromatic rings. The van der Waals surface area contributed by atoms with Crippen molar-refractivity contribution in [3.63, 3.8) is 0 Å². The van der Waals surface area contributed by atoms with Crippen molar-refractivity contribution in [3.8, 4) is 5.75 Å². The van der Waals surface area contributed by atoms with Crippen LogP contribution < -0.4 is 26.2 Å². The van der Waals surface area contributed by atoms with Crippen molar-refractivity contribution in [2.24, 2.45) is 0 Å². The molecule has 33 heavy (non-hydrogen) atoms. The molecule has 166 valence electrons. The molecule has 0 bridgehead atoms. The number of carbonyl (C=O) groups excluding carboxylic acids is 2. The maximum Gasteiger partial charge on any atom is 0.323 e. The molecule has 0 saturated carbocycles. The number of fused-ring (bicyclic) bond motifs is 1. The number of rotatable bonds is 6. The number of carbonyl (C=O) groups is 2. The average Bonchev–Trinajstić information content (AvgIpc) is 2.85. The fourth-order valence-electron chi connectivity index (χ4n) is 3.07. The third kappa shape index (κ3) is 5.13. The predicted octanol–water partition coefficient (Wildman–Crippen LogP) is 2.67. The van der Waals surface area contributed by atoms with Gasteiger partial charge in [0.25, 0.3) is 11.5 Å². The van der Waals surface area contributed by atoms with Crippen LogP contribution in [0.15, 0.2) is 78.1 Å². The van der Waals surface area contributed by atoms with Gasteiger partial charge in [-0.15, -0.1) is 0 Å². The number of aromatic nitrogens is 3. The normalized spacial score (nSPS) is 10.5. The van der Waals surface area contributed by atoms with Crippen molar-refractivity contribution in [1.82, 2.24) is 19.7 Å². The molecular weight excluding hydrogens is 424 g/mol. The summed E-state index contributed by atoms with van der Waals surface area (Å²) in [5, 5.41) is 7.91. The van der Waals surface area contributed by atoms with Gasteiger partial charge in [0, 0.05) is 36.9 Å². The highest BCUT2D eigenvalue weighted by atomic mass is 16.5. The number of pyridine rings is 2. The quantitative estimate of drug-likeness (QED) is 0.420. The van der Waals surface area contributed by atoms with E-state index in [4.69, 9.17) is 4.74 Å². The Hall–Kier alpha value is -4.73. The lowest BCUT2D eigenvalue weighted by Crippen LogP contribution is -2.27. The van der Waals surface area contributed by atoms with Gasteiger partial charge in [-0.1, -0.05) is 6.07 Å². The minimum atomic E-state index is -0.617. The summed E-state index contributed by atoms with van der Waals surface area (Å²) in [6.45, 7) is 0.318. The molecular formula is C23H20N6O4. The molecule has 3 N–H and O–H groups in total. The lowest BCUT2D eigenvalue weighted by molar-refractivity contribution is 0.0950. The summed E-state index contributed by atoms with van der Waals surface area (Å²) in [4.78, 5) is 45.9. The van der Waals surface area contributed by atoms with Crippen LogP contribution in [-0.4, -0.2) is 33.4 Å². The number of hydrogen-bond donors (Lipinski definition) is 3. The Bertz CT molecular complexity index is 1370. The third-order valence-electron chi connectivity index (χ3n) is 4.74. The van der Waals surface area contributed by atoms with Crippen LogP contribution in [0.2, 0.25) is 0 Å². The molecule has 0 fully saturated rings. The zero-order valence-electron chi connectivity index (χ0n) is 17.6. The Kier molecular flexibility index (Phi) is 6.26. The maximum absolute atomic E-state index is 12.9. The standard InChI is InChI=1S/C23H20N6O4/c1-33-18-4-2-3-17(11-18)27-23(32)28-19-13-25-20-6-5-16(14-29(20)22(19)31)21(30)26-12-15-7-9-24-10-8-15/h2-11,13-14H,12H2,1H3,(H,26,30)(H2,27,28,32). The zero-order chi connectivity index (χ0) is 23.2. The fraction of sp³-hybridized carbons (Fsp3) is 0.0870. The van der Waals surface area contributed by atoms with Crippen LogP contribution in [0.3, 0.4) is 0 Å². The topological polar surface area (TPSA) is 127 Å². The lowest BCUT2D eigenvalue weighted by atomic mass is 10.2. The molecule has 0 aliphatic rings. The Balaban J connectivity index is 1.50. The summed E-state index contributed by atoms with van der Waals surface area (Å²) < 4.78 is 6.34. The summed E-state index contributed by atoms with van der Waals surface area (Å²) in [6.07, 6.45) is 5.94. The summed E-state index contributed by atoms with van der Waals surface area (Å²) in [5.41, 5.74) is 1.44. The van der Waals surface area contributed by atoms with Crippen LogP contribution in [0.4, 0.5) is 16.2 Å². The first-order valence-corrected chi connectivity index (χ1v) is 9.94. The van der Waals surface area contributed by atoms with Gasteiger partial charge in [-0.3, -0.25) is 19.0 Å². The second kappa shape index (κ2) is 9.60. The monoisotopic (exact) mass is 444 g/mol. The van der Waals surface area contributed by atoms with E-state index in [-0.39, 0.29) is 17.2 Å². The largest absolute Gasteiger partial charge is 0.497 e. The Labute approximate surface area is 188 Å². The molecule has 0 atom stereocenters. The second-order valence-electron chi connectivity index (χ2n) is 6.97. The number of nitrogens with one attached hydrogen (secondary N) is 3. The first-order valence-electron chi connectivity index (χ1n) is 9.94. The minimum absolute atomic E-state index is 0.0396. The van der Waals surface area contributed by atoms with E-state index in [2.05, 4.69) is 25.9 Å². The van der Waals surface area contributed by atoms with Gasteiger partial charge in [-0.2, -0.15) is 0 Å². The van der Waals surface area contributed by atoms with Gasteiger partial charge < -0.3 is 20.7 Å². The Morgan fingerprint density at radius 2 is 1.88 bits per heavy atom. The van der Waals surface area contributed by atoms with Crippen LogP contribution in [0.5, 0.6) is 5.75 Å². The van der Waals surface area contributed by atoms with Crippen LogP contribution in [0, 0.1) is 0 Å². The first-order chi connectivity index (χ1) is 16.0. The van der Waals surface area contributed by atoms with Crippen molar-refractivity contribution in [3.05, 3.63) is 94.8 Å². The molecule has 0 aliphatic heterocycles. The third-order valence-corrected chi connectivity index (χ3v) is 4.74. The van der Waals surface area contributed by atoms with Crippen molar-refractivity contribution in [1.29, 1.82) is 0 Å². The van der Waals surface area contributed by atoms with Crippen LogP contribution in [0.1, 0.15) is 15.9 Å². The minimum Gasteiger partial charge on any atom is -0.497 e. The SMILES string of the molecule is COc1cccc(NC(=O)Nc2cnc3ccc(C(=O)NCc4ccncc4)cn3c2=O)c1. The number of hydrogen-bond acceptors (Lipinski definition) is 6. The van der Waals surface area contributed by atoms with Crippen LogP contribution in [-0.2, 0) is 6.54 Å². The van der Waals surface area contributed by atoms with E-state index < -0.39 is 11.6 Å². The summed E-state index contributed by atoms with van der Waals surface area (Å²) >= 11 is 0. The van der Waals surface area contributed by atoms with E-state index in [1.165, 1.54) is 23.9 Å². The van der Waals surface area contributed by atoms with Gasteiger partial charge in [-0.05, 0) is 42.0 Å². The van der Waals surface area contributed by atoms with Gasteiger partial charge in [0.2, 0.25) is 0 Å². The summed E-state index contributed by atoms with van der Waals surface area (Å²) in [7, 11) is 1.52. The number of ether oxygens (including phenoxy) is 1. The number of urea groups is 1. The molecule has 0 aliphatic carbocycles. The molecule has 0 unspecified atom stereocenters. The second-order valence-corrected chi connectivity index (χ2v) is 6.97. The van der Waals surface area contributed by atoms with Gasteiger partial charge in [-0.25, -0.2) is 9.78 Å². The van der Waals surface area contributed by atoms with Crippen molar-refractivity contribution in [2.45, 2.75) is 6.54 Å². The maximum atomic E-state index is 12.9. The van der Waals surface area contributed by atoms with Gasteiger partial charge in [0.1, 0.15) is 17.1 Å². The molecule has 3 amide bonds. The number of amides is 3. The number of benzene rings is 1. The number of anilines is 2. The molecule has 3 heterocycles. The molecule has 3 aromatic heterocycles. The molecule has 0 saturated heterocycles. The molecule has 10 nitrogen and oxygen atoms in total. The summed E-state index contributed by atoms with van der Waals surface area (Å²) in [6, 6.07) is 12.9. The molecule has 0 radical (unpaired) electrons. The van der Waals surface area contributed by atoms with E-state index >= 15 is 0 Å². The molecule has 4 rings (SSSR count). The van der Waals surface area contributed by atoms with Gasteiger partial charge in [0.15, 0.2) is 0 Å². The fourth-order valence-corrected chi connectivity index (χ4v) is 3.07. The highest BCUT2D eigenvalue weighted by Gasteiger charge is 2.12. The highest BCUT2D eigenvalue weighted by molar-refractivity contribution is 5.99. The molecule has 10 heteroatoms. The lowest BCUT2D eigenvalue weighted by Gasteiger charge is -2.10. The first kappa shape index (κ1) is 21.5. The smallest absolute Gasteiger partial charge is 0.323 e. The Morgan fingerprint density at radius 1 is 1.06 bits per heavy atom. The van der Waals surface area contributed by atoms with Crippen molar-refractivity contribution < 1.29 is 14.3 Å². The van der Waals surface area contributed by atoms with Gasteiger partial charge in [0.05, 0.1) is 18.9 Å². The van der Waals surface area contributed by atoms with Crippen LogP contribution in [0.25, 0.3) is 5.65 Å². The zero-order valence-corrected chi connectivity index (χ0v) is 17.6. The number of methoxy groups -OCH3 is 1. The highest BCUT2D eigenvalue weighted by Crippen LogP contribution is 2.17. The molecule has 1 aromatic carbocycles. The van der Waals surface area contributed by atoms with E-state index in [0.717, 1.165) is 5.56 Å². The van der Waals surface area contributed by atoms with E-state index in [1.807, 2.05) is 0 Å². The predicted molar refractivity (Wildman–Crippen MR) is 123 cm³/mol. The number of nitrogens with zero attached hydrogens (tertiary/aromatic N) is 3. The average molecular weight is 444 g/mol. The van der Waals surface area contributed by atoms with E-state index in [0.29, 0.717) is 23.6 Å². The van der Waals surface area contributed by atoms with E-state index in [9.17, 15) is 14.4 Å². The van der Waals surface area contributed by atoms with Crippen molar-refractivity contribution in [2.75, 3.05) is 17.7 Å².